The first-order chi connectivity index (χ1) is 14.0. The van der Waals surface area contributed by atoms with Gasteiger partial charge in [-0.15, -0.1) is 0 Å². The van der Waals surface area contributed by atoms with Gasteiger partial charge in [-0.25, -0.2) is 9.97 Å². The van der Waals surface area contributed by atoms with Crippen LogP contribution in [0.15, 0.2) is 28.8 Å². The molecule has 7 nitrogen and oxygen atoms in total. The summed E-state index contributed by atoms with van der Waals surface area (Å²) in [6, 6.07) is 5.65. The van der Waals surface area contributed by atoms with E-state index in [2.05, 4.69) is 9.97 Å². The van der Waals surface area contributed by atoms with Crippen molar-refractivity contribution in [1.82, 2.24) is 14.9 Å². The van der Waals surface area contributed by atoms with Gasteiger partial charge in [0.1, 0.15) is 11.3 Å². The van der Waals surface area contributed by atoms with Gasteiger partial charge in [-0.2, -0.15) is 0 Å². The summed E-state index contributed by atoms with van der Waals surface area (Å²) in [5.74, 6) is 1.36. The van der Waals surface area contributed by atoms with Crippen LogP contribution in [-0.4, -0.2) is 41.0 Å². The molecule has 150 valence electrons. The number of nitrogen functional groups attached to an aromatic ring is 1. The number of methoxy groups -OCH3 is 1. The summed E-state index contributed by atoms with van der Waals surface area (Å²) in [7, 11) is 1.62. The summed E-state index contributed by atoms with van der Waals surface area (Å²) >= 11 is 0. The van der Waals surface area contributed by atoms with E-state index in [1.165, 1.54) is 0 Å². The number of hydrogen-bond acceptors (Lipinski definition) is 6. The average Bonchev–Trinajstić information content (AvgIpc) is 3.25. The van der Waals surface area contributed by atoms with Crippen LogP contribution >= 0.6 is 0 Å². The number of nitrogens with two attached hydrogens (primary N) is 1. The Balaban J connectivity index is 1.48. The molecule has 0 bridgehead atoms. The molecule has 0 saturated carbocycles. The molecule has 1 amide bonds. The Labute approximate surface area is 168 Å². The molecular weight excluding hydrogens is 368 g/mol. The fourth-order valence-corrected chi connectivity index (χ4v) is 4.94. The van der Waals surface area contributed by atoms with E-state index in [9.17, 15) is 4.79 Å². The van der Waals surface area contributed by atoms with Gasteiger partial charge >= 0.3 is 0 Å². The molecule has 3 aromatic rings. The predicted molar refractivity (Wildman–Crippen MR) is 109 cm³/mol. The van der Waals surface area contributed by atoms with E-state index in [0.29, 0.717) is 29.6 Å². The number of hydrogen-bond donors (Lipinski definition) is 1. The maximum atomic E-state index is 13.4. The van der Waals surface area contributed by atoms with Crippen molar-refractivity contribution in [2.75, 3.05) is 25.9 Å². The first-order valence-corrected chi connectivity index (χ1v) is 9.99. The van der Waals surface area contributed by atoms with E-state index in [1.807, 2.05) is 36.2 Å². The van der Waals surface area contributed by atoms with Crippen LogP contribution in [0.4, 0.5) is 5.95 Å². The molecule has 1 aliphatic carbocycles. The molecule has 5 rings (SSSR count). The van der Waals surface area contributed by atoms with Crippen LogP contribution in [0.3, 0.4) is 0 Å². The minimum atomic E-state index is -0.135. The SMILES string of the molecule is COc1ccc2c(C)c(C(=O)N3CCCC4(CCc5cnc(N)nc54)C3)oc2c1. The molecule has 1 fully saturated rings. The number of aromatic nitrogens is 2. The standard InChI is InChI=1S/C22H24N4O3/c1-13-16-5-4-15(28-2)10-17(16)29-18(13)20(27)26-9-3-7-22(12-26)8-6-14-11-24-21(23)25-19(14)22/h4-5,10-11H,3,6-9,12H2,1-2H3,(H2,23,24,25). The molecular formula is C22H24N4O3. The number of ether oxygens (including phenoxy) is 1. The van der Waals surface area contributed by atoms with Gasteiger partial charge in [0.25, 0.3) is 5.91 Å². The van der Waals surface area contributed by atoms with Gasteiger partial charge in [0.05, 0.1) is 12.8 Å². The van der Waals surface area contributed by atoms with Crippen LogP contribution in [0.1, 0.15) is 46.6 Å². The number of benzene rings is 1. The highest BCUT2D eigenvalue weighted by Crippen LogP contribution is 2.44. The van der Waals surface area contributed by atoms with Gasteiger partial charge in [-0.1, -0.05) is 0 Å². The summed E-state index contributed by atoms with van der Waals surface area (Å²) in [5.41, 5.74) is 9.44. The van der Waals surface area contributed by atoms with Crippen molar-refractivity contribution in [3.8, 4) is 5.75 Å². The predicted octanol–water partition coefficient (Wildman–Crippen LogP) is 3.24. The number of likely N-dealkylation sites (tertiary alicyclic amines) is 1. The largest absolute Gasteiger partial charge is 0.497 e. The third-order valence-corrected chi connectivity index (χ3v) is 6.46. The van der Waals surface area contributed by atoms with Gasteiger partial charge in [0.15, 0.2) is 5.76 Å². The Morgan fingerprint density at radius 2 is 2.21 bits per heavy atom. The Morgan fingerprint density at radius 1 is 1.34 bits per heavy atom. The van der Waals surface area contributed by atoms with Gasteiger partial charge in [0, 0.05) is 41.7 Å². The van der Waals surface area contributed by atoms with Gasteiger partial charge < -0.3 is 19.8 Å². The number of nitrogens with zero attached hydrogens (tertiary/aromatic N) is 3. The molecule has 1 saturated heterocycles. The van der Waals surface area contributed by atoms with Crippen molar-refractivity contribution in [1.29, 1.82) is 0 Å². The zero-order chi connectivity index (χ0) is 20.2. The number of carbonyl (C=O) groups excluding carboxylic acids is 1. The first kappa shape index (κ1) is 18.0. The van der Waals surface area contributed by atoms with Crippen molar-refractivity contribution in [2.45, 2.75) is 38.0 Å². The summed E-state index contributed by atoms with van der Waals surface area (Å²) in [4.78, 5) is 24.0. The first-order valence-electron chi connectivity index (χ1n) is 9.99. The third-order valence-electron chi connectivity index (χ3n) is 6.46. The van der Waals surface area contributed by atoms with Gasteiger partial charge in [0.2, 0.25) is 5.95 Å². The number of rotatable bonds is 2. The van der Waals surface area contributed by atoms with E-state index >= 15 is 0 Å². The molecule has 1 aliphatic heterocycles. The van der Waals surface area contributed by atoms with E-state index < -0.39 is 0 Å². The van der Waals surface area contributed by atoms with Crippen LogP contribution in [0, 0.1) is 6.92 Å². The van der Waals surface area contributed by atoms with Crippen molar-refractivity contribution >= 4 is 22.8 Å². The fraction of sp³-hybridized carbons (Fsp3) is 0.409. The molecule has 3 heterocycles. The third kappa shape index (κ3) is 2.75. The number of amides is 1. The van der Waals surface area contributed by atoms with Gasteiger partial charge in [-0.05, 0) is 50.3 Å². The lowest BCUT2D eigenvalue weighted by Gasteiger charge is -2.40. The Kier molecular flexibility index (Phi) is 4.01. The van der Waals surface area contributed by atoms with Crippen LogP contribution in [0.25, 0.3) is 11.0 Å². The molecule has 1 atom stereocenters. The zero-order valence-corrected chi connectivity index (χ0v) is 16.7. The second-order valence-electron chi connectivity index (χ2n) is 8.13. The van der Waals surface area contributed by atoms with Crippen LogP contribution in [0.2, 0.25) is 0 Å². The molecule has 1 aromatic carbocycles. The lowest BCUT2D eigenvalue weighted by atomic mass is 9.77. The van der Waals surface area contributed by atoms with E-state index in [1.54, 1.807) is 7.11 Å². The zero-order valence-electron chi connectivity index (χ0n) is 16.7. The summed E-state index contributed by atoms with van der Waals surface area (Å²) in [6.07, 6.45) is 5.68. The lowest BCUT2D eigenvalue weighted by Crippen LogP contribution is -2.48. The molecule has 2 N–H and O–H groups in total. The molecule has 7 heteroatoms. The Bertz CT molecular complexity index is 1120. The average molecular weight is 392 g/mol. The van der Waals surface area contributed by atoms with E-state index in [0.717, 1.165) is 54.4 Å². The Morgan fingerprint density at radius 3 is 3.03 bits per heavy atom. The number of piperidine rings is 1. The topological polar surface area (TPSA) is 94.5 Å². The Hall–Kier alpha value is -3.09. The fourth-order valence-electron chi connectivity index (χ4n) is 4.94. The molecule has 29 heavy (non-hydrogen) atoms. The highest BCUT2D eigenvalue weighted by Gasteiger charge is 2.45. The molecule has 1 unspecified atom stereocenters. The minimum absolute atomic E-state index is 0.0628. The normalized spacial score (nSPS) is 21.0. The highest BCUT2D eigenvalue weighted by atomic mass is 16.5. The number of carbonyl (C=O) groups is 1. The van der Waals surface area contributed by atoms with Crippen LogP contribution in [-0.2, 0) is 11.8 Å². The smallest absolute Gasteiger partial charge is 0.289 e. The number of fused-ring (bicyclic) bond motifs is 3. The van der Waals surface area contributed by atoms with E-state index in [4.69, 9.17) is 14.9 Å². The second kappa shape index (κ2) is 6.47. The number of anilines is 1. The van der Waals surface area contributed by atoms with E-state index in [-0.39, 0.29) is 11.3 Å². The van der Waals surface area contributed by atoms with Crippen molar-refractivity contribution < 1.29 is 13.9 Å². The molecule has 0 radical (unpaired) electrons. The van der Waals surface area contributed by atoms with Gasteiger partial charge in [-0.3, -0.25) is 4.79 Å². The number of furan rings is 1. The lowest BCUT2D eigenvalue weighted by molar-refractivity contribution is 0.0603. The van der Waals surface area contributed by atoms with Crippen LogP contribution < -0.4 is 10.5 Å². The van der Waals surface area contributed by atoms with Crippen LogP contribution in [0.5, 0.6) is 5.75 Å². The monoisotopic (exact) mass is 392 g/mol. The summed E-state index contributed by atoms with van der Waals surface area (Å²) in [6.45, 7) is 3.29. The summed E-state index contributed by atoms with van der Waals surface area (Å²) in [5, 5.41) is 0.938. The highest BCUT2D eigenvalue weighted by molar-refractivity contribution is 5.99. The maximum absolute atomic E-state index is 13.4. The number of aryl methyl sites for hydroxylation is 2. The summed E-state index contributed by atoms with van der Waals surface area (Å²) < 4.78 is 11.3. The molecule has 1 spiro atoms. The second-order valence-corrected chi connectivity index (χ2v) is 8.13. The maximum Gasteiger partial charge on any atom is 0.289 e. The van der Waals surface area contributed by atoms with Crippen molar-refractivity contribution in [3.63, 3.8) is 0 Å². The quantitative estimate of drug-likeness (QED) is 0.719. The minimum Gasteiger partial charge on any atom is -0.497 e. The molecule has 2 aliphatic rings. The van der Waals surface area contributed by atoms with Crippen molar-refractivity contribution in [2.24, 2.45) is 0 Å². The molecule has 2 aromatic heterocycles. The van der Waals surface area contributed by atoms with Crippen molar-refractivity contribution in [3.05, 3.63) is 47.0 Å².